The van der Waals surface area contributed by atoms with Crippen LogP contribution in [0.1, 0.15) is 27.2 Å². The number of nitrogens with zero attached hydrogens (tertiary/aromatic N) is 2. The highest BCUT2D eigenvalue weighted by Gasteiger charge is 2.45. The molecule has 4 N–H and O–H groups in total. The van der Waals surface area contributed by atoms with Crippen molar-refractivity contribution in [3.63, 3.8) is 0 Å². The zero-order chi connectivity index (χ0) is 19.4. The van der Waals surface area contributed by atoms with E-state index in [4.69, 9.17) is 15.9 Å². The smallest absolute Gasteiger partial charge is 0.407 e. The fourth-order valence-corrected chi connectivity index (χ4v) is 2.65. The van der Waals surface area contributed by atoms with Crippen molar-refractivity contribution in [2.75, 3.05) is 26.7 Å². The lowest BCUT2D eigenvalue weighted by atomic mass is 9.93. The molecule has 10 heteroatoms. The Morgan fingerprint density at radius 2 is 1.96 bits per heavy atom. The van der Waals surface area contributed by atoms with Gasteiger partial charge in [-0.3, -0.25) is 4.99 Å². The molecule has 25 heavy (non-hydrogen) atoms. The Morgan fingerprint density at radius 1 is 1.36 bits per heavy atom. The monoisotopic (exact) mass is 365 g/mol. The maximum atomic E-state index is 13.3. The molecule has 1 aliphatic heterocycles. The van der Waals surface area contributed by atoms with Crippen LogP contribution in [0, 0.1) is 11.3 Å². The van der Waals surface area contributed by atoms with Crippen molar-refractivity contribution in [2.24, 2.45) is 16.6 Å². The van der Waals surface area contributed by atoms with Gasteiger partial charge in [0.25, 0.3) is 0 Å². The van der Waals surface area contributed by atoms with E-state index in [1.165, 1.54) is 11.9 Å². The van der Waals surface area contributed by atoms with Crippen molar-refractivity contribution in [3.8, 4) is 0 Å². The molecule has 0 saturated carbocycles. The Balaban J connectivity index is 2.95. The van der Waals surface area contributed by atoms with Crippen molar-refractivity contribution in [2.45, 2.75) is 45.0 Å². The van der Waals surface area contributed by atoms with E-state index in [0.29, 0.717) is 0 Å². The van der Waals surface area contributed by atoms with Crippen molar-refractivity contribution in [1.29, 1.82) is 5.41 Å². The van der Waals surface area contributed by atoms with E-state index in [2.05, 4.69) is 10.3 Å². The van der Waals surface area contributed by atoms with E-state index < -0.39 is 29.8 Å². The maximum Gasteiger partial charge on any atom is 0.407 e. The van der Waals surface area contributed by atoms with Crippen molar-refractivity contribution < 1.29 is 22.7 Å². The Bertz CT molecular complexity index is 528. The SMILES string of the molecule is CN=C(C(=N)CN)N1CC(NC(=O)OC(C)(C)C)CC(C(F)(F)F)C1. The second kappa shape index (κ2) is 8.03. The average molecular weight is 365 g/mol. The van der Waals surface area contributed by atoms with Crippen LogP contribution in [0.25, 0.3) is 0 Å². The number of likely N-dealkylation sites (tertiary alicyclic amines) is 1. The summed E-state index contributed by atoms with van der Waals surface area (Å²) >= 11 is 0. The lowest BCUT2D eigenvalue weighted by Gasteiger charge is -2.40. The first-order chi connectivity index (χ1) is 11.4. The number of ether oxygens (including phenoxy) is 1. The van der Waals surface area contributed by atoms with E-state index in [1.807, 2.05) is 0 Å². The highest BCUT2D eigenvalue weighted by atomic mass is 19.4. The molecule has 1 heterocycles. The maximum absolute atomic E-state index is 13.3. The van der Waals surface area contributed by atoms with Gasteiger partial charge in [0.15, 0.2) is 0 Å². The van der Waals surface area contributed by atoms with Crippen molar-refractivity contribution in [1.82, 2.24) is 10.2 Å². The first-order valence-corrected chi connectivity index (χ1v) is 7.93. The van der Waals surface area contributed by atoms with Crippen LogP contribution < -0.4 is 11.1 Å². The predicted octanol–water partition coefficient (Wildman–Crippen LogP) is 1.77. The molecular weight excluding hydrogens is 339 g/mol. The number of carbonyl (C=O) groups excluding carboxylic acids is 1. The van der Waals surface area contributed by atoms with Gasteiger partial charge in [-0.25, -0.2) is 4.79 Å². The molecule has 1 amide bonds. The number of carbonyl (C=O) groups is 1. The molecule has 0 radical (unpaired) electrons. The van der Waals surface area contributed by atoms with Crippen LogP contribution in [0.4, 0.5) is 18.0 Å². The summed E-state index contributed by atoms with van der Waals surface area (Å²) in [6, 6.07) is -0.780. The molecule has 1 rings (SSSR count). The summed E-state index contributed by atoms with van der Waals surface area (Å²) in [6.45, 7) is 4.64. The van der Waals surface area contributed by atoms with Crippen LogP contribution in [0.3, 0.4) is 0 Å². The standard InChI is InChI=1S/C15H26F3N5O2/c1-14(2,3)25-13(24)22-10-5-9(15(16,17)18)7-23(8-10)12(21-4)11(20)6-19/h9-10,20H,5-8,19H2,1-4H3,(H,22,24). The van der Waals surface area contributed by atoms with Gasteiger partial charge in [-0.15, -0.1) is 0 Å². The van der Waals surface area contributed by atoms with E-state index in [-0.39, 0.29) is 37.6 Å². The molecule has 0 aromatic heterocycles. The van der Waals surface area contributed by atoms with Crippen molar-refractivity contribution >= 4 is 17.6 Å². The van der Waals surface area contributed by atoms with Gasteiger partial charge in [-0.2, -0.15) is 13.2 Å². The van der Waals surface area contributed by atoms with Gasteiger partial charge < -0.3 is 26.1 Å². The average Bonchev–Trinajstić information content (AvgIpc) is 2.44. The number of alkyl halides is 3. The number of amidine groups is 1. The van der Waals surface area contributed by atoms with Gasteiger partial charge in [0.1, 0.15) is 11.4 Å². The Labute approximate surface area is 145 Å². The lowest BCUT2D eigenvalue weighted by Crippen LogP contribution is -2.57. The number of hydrogen-bond acceptors (Lipinski definition) is 5. The topological polar surface area (TPSA) is 104 Å². The Morgan fingerprint density at radius 3 is 2.40 bits per heavy atom. The Kier molecular flexibility index (Phi) is 6.81. The first-order valence-electron chi connectivity index (χ1n) is 7.93. The molecule has 0 spiro atoms. The summed E-state index contributed by atoms with van der Waals surface area (Å²) < 4.78 is 44.9. The summed E-state index contributed by atoms with van der Waals surface area (Å²) in [5, 5.41) is 10.3. The van der Waals surface area contributed by atoms with Crippen LogP contribution in [0.15, 0.2) is 4.99 Å². The third-order valence-corrected chi connectivity index (χ3v) is 3.62. The molecule has 2 unspecified atom stereocenters. The quantitative estimate of drug-likeness (QED) is 0.524. The zero-order valence-corrected chi connectivity index (χ0v) is 14.9. The van der Waals surface area contributed by atoms with Gasteiger partial charge in [0, 0.05) is 26.7 Å². The van der Waals surface area contributed by atoms with Crippen LogP contribution in [-0.4, -0.2) is 67.0 Å². The number of rotatable bonds is 3. The van der Waals surface area contributed by atoms with Gasteiger partial charge in [-0.05, 0) is 27.2 Å². The van der Waals surface area contributed by atoms with E-state index in [9.17, 15) is 18.0 Å². The largest absolute Gasteiger partial charge is 0.444 e. The van der Waals surface area contributed by atoms with E-state index in [1.54, 1.807) is 20.8 Å². The fraction of sp³-hybridized carbons (Fsp3) is 0.800. The molecule has 1 aliphatic rings. The number of nitrogens with two attached hydrogens (primary N) is 1. The van der Waals surface area contributed by atoms with Gasteiger partial charge in [0.2, 0.25) is 0 Å². The van der Waals surface area contributed by atoms with Gasteiger partial charge >= 0.3 is 12.3 Å². The number of nitrogens with one attached hydrogen (secondary N) is 2. The molecule has 0 bridgehead atoms. The molecule has 2 atom stereocenters. The minimum Gasteiger partial charge on any atom is -0.444 e. The molecule has 1 fully saturated rings. The molecule has 0 aliphatic carbocycles. The highest BCUT2D eigenvalue weighted by Crippen LogP contribution is 2.33. The number of aliphatic imine (C=N–C) groups is 1. The van der Waals surface area contributed by atoms with Crippen LogP contribution >= 0.6 is 0 Å². The molecule has 1 saturated heterocycles. The number of piperidine rings is 1. The number of hydrogen-bond donors (Lipinski definition) is 3. The molecule has 0 aromatic rings. The van der Waals surface area contributed by atoms with Crippen LogP contribution in [0.2, 0.25) is 0 Å². The third-order valence-electron chi connectivity index (χ3n) is 3.62. The minimum atomic E-state index is -4.42. The zero-order valence-electron chi connectivity index (χ0n) is 14.9. The second-order valence-electron chi connectivity index (χ2n) is 6.95. The normalized spacial score (nSPS) is 22.6. The summed E-state index contributed by atoms with van der Waals surface area (Å²) in [5.41, 5.74) is 4.61. The Hall–Kier alpha value is -1.84. The number of amides is 1. The highest BCUT2D eigenvalue weighted by molar-refractivity contribution is 6.40. The van der Waals surface area contributed by atoms with Crippen LogP contribution in [0.5, 0.6) is 0 Å². The van der Waals surface area contributed by atoms with Gasteiger partial charge in [0.05, 0.1) is 17.7 Å². The van der Waals surface area contributed by atoms with Crippen LogP contribution in [-0.2, 0) is 4.74 Å². The molecule has 0 aromatic carbocycles. The third kappa shape index (κ3) is 6.52. The van der Waals surface area contributed by atoms with Gasteiger partial charge in [-0.1, -0.05) is 0 Å². The summed E-state index contributed by atoms with van der Waals surface area (Å²) in [4.78, 5) is 17.1. The van der Waals surface area contributed by atoms with Crippen molar-refractivity contribution in [3.05, 3.63) is 0 Å². The summed E-state index contributed by atoms with van der Waals surface area (Å²) in [7, 11) is 1.40. The van der Waals surface area contributed by atoms with E-state index in [0.717, 1.165) is 0 Å². The lowest BCUT2D eigenvalue weighted by molar-refractivity contribution is -0.185. The predicted molar refractivity (Wildman–Crippen MR) is 89.0 cm³/mol. The molecule has 144 valence electrons. The first kappa shape index (κ1) is 21.2. The number of halogens is 3. The fourth-order valence-electron chi connectivity index (χ4n) is 2.65. The minimum absolute atomic E-state index is 0.0543. The summed E-state index contributed by atoms with van der Waals surface area (Å²) in [5.74, 6) is -1.55. The van der Waals surface area contributed by atoms with E-state index >= 15 is 0 Å². The molecule has 7 nitrogen and oxygen atoms in total. The summed E-state index contributed by atoms with van der Waals surface area (Å²) in [6.07, 6.45) is -5.45. The molecular formula is C15H26F3N5O2. The second-order valence-corrected chi connectivity index (χ2v) is 6.95. The number of alkyl carbamates (subject to hydrolysis) is 1.